The molecule has 0 bridgehead atoms. The number of benzene rings is 1. The third-order valence-corrected chi connectivity index (χ3v) is 4.98. The third-order valence-electron chi connectivity index (χ3n) is 3.16. The van der Waals surface area contributed by atoms with Gasteiger partial charge in [0, 0.05) is 17.3 Å². The van der Waals surface area contributed by atoms with E-state index in [0.29, 0.717) is 24.1 Å². The van der Waals surface area contributed by atoms with E-state index in [0.717, 1.165) is 5.56 Å². The van der Waals surface area contributed by atoms with Crippen molar-refractivity contribution in [2.75, 3.05) is 17.2 Å². The van der Waals surface area contributed by atoms with Crippen LogP contribution >= 0.6 is 0 Å². The molecule has 1 atom stereocenters. The zero-order valence-corrected chi connectivity index (χ0v) is 11.7. The van der Waals surface area contributed by atoms with Gasteiger partial charge in [-0.1, -0.05) is 0 Å². The highest BCUT2D eigenvalue weighted by Crippen LogP contribution is 2.15. The summed E-state index contributed by atoms with van der Waals surface area (Å²) in [4.78, 5) is 12.1. The molecular weight excluding hydrogens is 264 g/mol. The minimum Gasteiger partial charge on any atom is -0.399 e. The first kappa shape index (κ1) is 13.9. The predicted molar refractivity (Wildman–Crippen MR) is 74.7 cm³/mol. The minimum absolute atomic E-state index is 0.0278. The SMILES string of the molecule is Cc1cc(N)cc(C(=O)NC2CCCS(=O)(=O)C2)c1. The fourth-order valence-electron chi connectivity index (χ4n) is 2.35. The van der Waals surface area contributed by atoms with Crippen LogP contribution in [0.3, 0.4) is 0 Å². The zero-order chi connectivity index (χ0) is 14.0. The van der Waals surface area contributed by atoms with Gasteiger partial charge in [0.1, 0.15) is 0 Å². The molecule has 1 aromatic rings. The van der Waals surface area contributed by atoms with E-state index in [1.807, 2.05) is 6.92 Å². The quantitative estimate of drug-likeness (QED) is 0.788. The summed E-state index contributed by atoms with van der Waals surface area (Å²) in [6.07, 6.45) is 1.30. The Balaban J connectivity index is 2.08. The van der Waals surface area contributed by atoms with Crippen LogP contribution in [0, 0.1) is 6.92 Å². The molecule has 5 nitrogen and oxygen atoms in total. The molecule has 1 aromatic carbocycles. The number of anilines is 1. The summed E-state index contributed by atoms with van der Waals surface area (Å²) in [5, 5.41) is 2.77. The predicted octanol–water partition coefficient (Wildman–Crippen LogP) is 0.884. The van der Waals surface area contributed by atoms with Crippen molar-refractivity contribution in [1.29, 1.82) is 0 Å². The van der Waals surface area contributed by atoms with E-state index in [1.54, 1.807) is 18.2 Å². The molecule has 1 saturated heterocycles. The molecule has 0 radical (unpaired) electrons. The number of hydrogen-bond donors (Lipinski definition) is 2. The Hall–Kier alpha value is -1.56. The van der Waals surface area contributed by atoms with Gasteiger partial charge in [0.2, 0.25) is 0 Å². The number of nitrogens with one attached hydrogen (secondary N) is 1. The van der Waals surface area contributed by atoms with Gasteiger partial charge in [-0.15, -0.1) is 0 Å². The van der Waals surface area contributed by atoms with Crippen LogP contribution in [0.4, 0.5) is 5.69 Å². The topological polar surface area (TPSA) is 89.3 Å². The van der Waals surface area contributed by atoms with Crippen molar-refractivity contribution < 1.29 is 13.2 Å². The third kappa shape index (κ3) is 3.70. The number of amides is 1. The molecule has 19 heavy (non-hydrogen) atoms. The molecule has 0 aromatic heterocycles. The van der Waals surface area contributed by atoms with Crippen LogP contribution < -0.4 is 11.1 Å². The van der Waals surface area contributed by atoms with Crippen LogP contribution in [0.2, 0.25) is 0 Å². The van der Waals surface area contributed by atoms with Crippen LogP contribution in [0.15, 0.2) is 18.2 Å². The zero-order valence-electron chi connectivity index (χ0n) is 10.8. The molecule has 0 spiro atoms. The standard InChI is InChI=1S/C13H18N2O3S/c1-9-5-10(7-11(14)6-9)13(16)15-12-3-2-4-19(17,18)8-12/h5-7,12H,2-4,8,14H2,1H3,(H,15,16). The van der Waals surface area contributed by atoms with E-state index in [4.69, 9.17) is 5.73 Å². The summed E-state index contributed by atoms with van der Waals surface area (Å²) >= 11 is 0. The molecule has 1 aliphatic heterocycles. The second kappa shape index (κ2) is 5.21. The Morgan fingerprint density at radius 2 is 2.11 bits per heavy atom. The Bertz CT molecular complexity index is 576. The lowest BCUT2D eigenvalue weighted by Crippen LogP contribution is -2.43. The van der Waals surface area contributed by atoms with E-state index in [1.165, 1.54) is 0 Å². The van der Waals surface area contributed by atoms with Crippen molar-refractivity contribution in [3.8, 4) is 0 Å². The normalized spacial score (nSPS) is 21.8. The molecule has 1 heterocycles. The van der Waals surface area contributed by atoms with Gasteiger partial charge in [-0.25, -0.2) is 8.42 Å². The van der Waals surface area contributed by atoms with E-state index < -0.39 is 9.84 Å². The number of carbonyl (C=O) groups excluding carboxylic acids is 1. The number of hydrogen-bond acceptors (Lipinski definition) is 4. The number of rotatable bonds is 2. The van der Waals surface area contributed by atoms with Gasteiger partial charge in [0.25, 0.3) is 5.91 Å². The van der Waals surface area contributed by atoms with Crippen LogP contribution in [0.5, 0.6) is 0 Å². The highest BCUT2D eigenvalue weighted by atomic mass is 32.2. The smallest absolute Gasteiger partial charge is 0.251 e. The summed E-state index contributed by atoms with van der Waals surface area (Å²) in [6.45, 7) is 1.86. The van der Waals surface area contributed by atoms with Crippen molar-refractivity contribution in [1.82, 2.24) is 5.32 Å². The van der Waals surface area contributed by atoms with Crippen molar-refractivity contribution in [2.45, 2.75) is 25.8 Å². The van der Waals surface area contributed by atoms with Gasteiger partial charge >= 0.3 is 0 Å². The highest BCUT2D eigenvalue weighted by Gasteiger charge is 2.26. The molecule has 1 fully saturated rings. The molecule has 1 aliphatic rings. The second-order valence-corrected chi connectivity index (χ2v) is 7.29. The lowest BCUT2D eigenvalue weighted by Gasteiger charge is -2.23. The maximum absolute atomic E-state index is 12.1. The lowest BCUT2D eigenvalue weighted by atomic mass is 10.1. The maximum Gasteiger partial charge on any atom is 0.251 e. The van der Waals surface area contributed by atoms with E-state index in [9.17, 15) is 13.2 Å². The highest BCUT2D eigenvalue weighted by molar-refractivity contribution is 7.91. The number of carbonyl (C=O) groups is 1. The largest absolute Gasteiger partial charge is 0.399 e. The summed E-state index contributed by atoms with van der Waals surface area (Å²) in [6, 6.07) is 4.82. The molecule has 0 aliphatic carbocycles. The summed E-state index contributed by atoms with van der Waals surface area (Å²) in [7, 11) is -3.02. The van der Waals surface area contributed by atoms with Crippen molar-refractivity contribution in [3.05, 3.63) is 29.3 Å². The Morgan fingerprint density at radius 3 is 2.74 bits per heavy atom. The molecule has 104 valence electrons. The summed E-state index contributed by atoms with van der Waals surface area (Å²) in [5.41, 5.74) is 7.60. The average molecular weight is 282 g/mol. The van der Waals surface area contributed by atoms with Crippen LogP contribution in [-0.2, 0) is 9.84 Å². The van der Waals surface area contributed by atoms with Crippen molar-refractivity contribution >= 4 is 21.4 Å². The van der Waals surface area contributed by atoms with E-state index in [2.05, 4.69) is 5.32 Å². The Morgan fingerprint density at radius 1 is 1.37 bits per heavy atom. The first-order valence-electron chi connectivity index (χ1n) is 6.24. The van der Waals surface area contributed by atoms with Crippen LogP contribution in [-0.4, -0.2) is 31.9 Å². The molecule has 1 amide bonds. The number of nitrogens with two attached hydrogens (primary N) is 1. The molecular formula is C13H18N2O3S. The molecule has 6 heteroatoms. The molecule has 2 rings (SSSR count). The minimum atomic E-state index is -3.02. The lowest BCUT2D eigenvalue weighted by molar-refractivity contribution is 0.0938. The van der Waals surface area contributed by atoms with Crippen LogP contribution in [0.1, 0.15) is 28.8 Å². The number of sulfone groups is 1. The number of nitrogen functional groups attached to an aromatic ring is 1. The van der Waals surface area contributed by atoms with Crippen LogP contribution in [0.25, 0.3) is 0 Å². The first-order chi connectivity index (χ1) is 8.85. The fraction of sp³-hybridized carbons (Fsp3) is 0.462. The fourth-order valence-corrected chi connectivity index (χ4v) is 3.99. The molecule has 3 N–H and O–H groups in total. The summed E-state index contributed by atoms with van der Waals surface area (Å²) < 4.78 is 23.0. The Labute approximate surface area is 113 Å². The number of aryl methyl sites for hydroxylation is 1. The summed E-state index contributed by atoms with van der Waals surface area (Å²) in [5.74, 6) is -0.0194. The Kier molecular flexibility index (Phi) is 3.80. The first-order valence-corrected chi connectivity index (χ1v) is 8.06. The van der Waals surface area contributed by atoms with Gasteiger partial charge in [0.05, 0.1) is 11.5 Å². The second-order valence-electron chi connectivity index (χ2n) is 5.06. The maximum atomic E-state index is 12.1. The van der Waals surface area contributed by atoms with E-state index >= 15 is 0 Å². The molecule has 0 saturated carbocycles. The van der Waals surface area contributed by atoms with E-state index in [-0.39, 0.29) is 23.5 Å². The van der Waals surface area contributed by atoms with Gasteiger partial charge in [-0.2, -0.15) is 0 Å². The molecule has 1 unspecified atom stereocenters. The van der Waals surface area contributed by atoms with Crippen molar-refractivity contribution in [3.63, 3.8) is 0 Å². The van der Waals surface area contributed by atoms with Gasteiger partial charge in [0.15, 0.2) is 9.84 Å². The average Bonchev–Trinajstić information content (AvgIpc) is 2.26. The van der Waals surface area contributed by atoms with Crippen molar-refractivity contribution in [2.24, 2.45) is 0 Å². The van der Waals surface area contributed by atoms with Gasteiger partial charge in [-0.3, -0.25) is 4.79 Å². The van der Waals surface area contributed by atoms with Gasteiger partial charge < -0.3 is 11.1 Å². The monoisotopic (exact) mass is 282 g/mol. The van der Waals surface area contributed by atoms with Gasteiger partial charge in [-0.05, 0) is 43.5 Å².